The van der Waals surface area contributed by atoms with Gasteiger partial charge in [-0.15, -0.1) is 0 Å². The van der Waals surface area contributed by atoms with E-state index in [0.717, 1.165) is 43.5 Å². The molecule has 3 N–H and O–H groups in total. The van der Waals surface area contributed by atoms with Gasteiger partial charge in [0.2, 0.25) is 5.95 Å². The number of pyridine rings is 1. The number of hydrogen-bond acceptors (Lipinski definition) is 9. The highest BCUT2D eigenvalue weighted by Gasteiger charge is 2.36. The van der Waals surface area contributed by atoms with Gasteiger partial charge in [-0.1, -0.05) is 0 Å². The molecule has 1 saturated heterocycles. The largest absolute Gasteiger partial charge is 0.474 e. The molecule has 0 atom stereocenters. The third kappa shape index (κ3) is 5.77. The molecule has 200 valence electrons. The van der Waals surface area contributed by atoms with Crippen LogP contribution in [0.1, 0.15) is 40.5 Å². The third-order valence-corrected chi connectivity index (χ3v) is 6.39. The SMILES string of the molecule is CC(C)OC1CCN(c2ccc(Nc3ncc(F)c(Nc4ccc5c(n4)NC(=O)C(C)(C)O5)n3)cc2)CC1. The van der Waals surface area contributed by atoms with E-state index in [1.807, 2.05) is 24.3 Å². The van der Waals surface area contributed by atoms with Crippen molar-refractivity contribution >= 4 is 40.7 Å². The molecule has 0 radical (unpaired) electrons. The summed E-state index contributed by atoms with van der Waals surface area (Å²) in [6.07, 6.45) is 3.67. The minimum absolute atomic E-state index is 0.0542. The Morgan fingerprint density at radius 1 is 1.11 bits per heavy atom. The maximum atomic E-state index is 14.5. The lowest BCUT2D eigenvalue weighted by atomic mass is 10.1. The van der Waals surface area contributed by atoms with Crippen LogP contribution in [0.15, 0.2) is 42.6 Å². The molecule has 0 saturated carbocycles. The van der Waals surface area contributed by atoms with Crippen molar-refractivity contribution in [3.63, 3.8) is 0 Å². The van der Waals surface area contributed by atoms with E-state index in [2.05, 4.69) is 49.6 Å². The molecule has 11 heteroatoms. The van der Waals surface area contributed by atoms with Crippen molar-refractivity contribution in [1.82, 2.24) is 15.0 Å². The number of piperidine rings is 1. The Morgan fingerprint density at radius 3 is 2.55 bits per heavy atom. The summed E-state index contributed by atoms with van der Waals surface area (Å²) in [5.74, 6) is 0.196. The quantitative estimate of drug-likeness (QED) is 0.395. The summed E-state index contributed by atoms with van der Waals surface area (Å²) >= 11 is 0. The van der Waals surface area contributed by atoms with Gasteiger partial charge < -0.3 is 30.3 Å². The van der Waals surface area contributed by atoms with Gasteiger partial charge >= 0.3 is 0 Å². The monoisotopic (exact) mass is 521 g/mol. The van der Waals surface area contributed by atoms with Gasteiger partial charge in [-0.3, -0.25) is 4.79 Å². The highest BCUT2D eigenvalue weighted by Crippen LogP contribution is 2.33. The van der Waals surface area contributed by atoms with E-state index in [-0.39, 0.29) is 29.6 Å². The van der Waals surface area contributed by atoms with Gasteiger partial charge in [-0.05, 0) is 76.9 Å². The third-order valence-electron chi connectivity index (χ3n) is 6.39. The van der Waals surface area contributed by atoms with E-state index < -0.39 is 11.4 Å². The number of halogens is 1. The molecular formula is C27H32FN7O3. The zero-order chi connectivity index (χ0) is 26.9. The standard InChI is InChI=1S/C27H32FN7O3/c1-16(2)37-19-11-13-35(14-12-19)18-7-5-17(6-8-18)30-26-29-15-20(28)23(34-26)31-22-10-9-21-24(32-22)33-25(36)27(3,4)38-21/h5-10,15-16,19H,11-14H2,1-4H3,(H3,29,30,31,32,33,34,36). The number of hydrogen-bond donors (Lipinski definition) is 3. The highest BCUT2D eigenvalue weighted by atomic mass is 19.1. The molecule has 10 nitrogen and oxygen atoms in total. The molecule has 5 rings (SSSR count). The average Bonchev–Trinajstić information content (AvgIpc) is 2.87. The number of nitrogens with one attached hydrogen (secondary N) is 3. The molecule has 2 aliphatic rings. The second kappa shape index (κ2) is 10.4. The molecule has 1 fully saturated rings. The topological polar surface area (TPSA) is 114 Å². The predicted molar refractivity (Wildman–Crippen MR) is 144 cm³/mol. The molecule has 1 amide bonds. The second-order valence-corrected chi connectivity index (χ2v) is 10.2. The van der Waals surface area contributed by atoms with E-state index in [4.69, 9.17) is 9.47 Å². The van der Waals surface area contributed by atoms with Crippen LogP contribution in [-0.4, -0.2) is 51.8 Å². The normalized spacial score (nSPS) is 17.0. The number of fused-ring (bicyclic) bond motifs is 1. The van der Waals surface area contributed by atoms with E-state index in [1.54, 1.807) is 26.0 Å². The molecule has 38 heavy (non-hydrogen) atoms. The molecule has 2 aliphatic heterocycles. The summed E-state index contributed by atoms with van der Waals surface area (Å²) < 4.78 is 26.1. The summed E-state index contributed by atoms with van der Waals surface area (Å²) in [4.78, 5) is 27.2. The van der Waals surface area contributed by atoms with Crippen molar-refractivity contribution in [2.45, 2.75) is 58.3 Å². The Labute approximate surface area is 221 Å². The van der Waals surface area contributed by atoms with Crippen LogP contribution < -0.4 is 25.6 Å². The van der Waals surface area contributed by atoms with Gasteiger partial charge in [-0.2, -0.15) is 4.98 Å². The molecule has 2 aromatic heterocycles. The molecule has 4 heterocycles. The summed E-state index contributed by atoms with van der Waals surface area (Å²) in [5.41, 5.74) is 0.915. The van der Waals surface area contributed by atoms with Crippen LogP contribution in [0, 0.1) is 5.82 Å². The van der Waals surface area contributed by atoms with Crippen molar-refractivity contribution in [3.05, 3.63) is 48.4 Å². The van der Waals surface area contributed by atoms with Crippen LogP contribution in [0.4, 0.5) is 39.2 Å². The Balaban J connectivity index is 1.23. The van der Waals surface area contributed by atoms with E-state index >= 15 is 0 Å². The Morgan fingerprint density at radius 2 is 1.84 bits per heavy atom. The average molecular weight is 522 g/mol. The number of amides is 1. The smallest absolute Gasteiger partial charge is 0.269 e. The predicted octanol–water partition coefficient (Wildman–Crippen LogP) is 5.00. The zero-order valence-corrected chi connectivity index (χ0v) is 21.9. The molecule has 0 spiro atoms. The molecule has 1 aromatic carbocycles. The van der Waals surface area contributed by atoms with Crippen molar-refractivity contribution in [1.29, 1.82) is 0 Å². The van der Waals surface area contributed by atoms with Crippen LogP contribution in [0.2, 0.25) is 0 Å². The molecule has 3 aromatic rings. The lowest BCUT2D eigenvalue weighted by molar-refractivity contribution is -0.129. The fourth-order valence-electron chi connectivity index (χ4n) is 4.42. The lowest BCUT2D eigenvalue weighted by Gasteiger charge is -2.34. The first-order valence-corrected chi connectivity index (χ1v) is 12.7. The first kappa shape index (κ1) is 25.7. The molecule has 0 unspecified atom stereocenters. The van der Waals surface area contributed by atoms with Crippen LogP contribution in [-0.2, 0) is 9.53 Å². The van der Waals surface area contributed by atoms with Gasteiger partial charge in [-0.25, -0.2) is 14.4 Å². The Kier molecular flexibility index (Phi) is 7.02. The van der Waals surface area contributed by atoms with Crippen LogP contribution in [0.25, 0.3) is 0 Å². The summed E-state index contributed by atoms with van der Waals surface area (Å²) in [7, 11) is 0. The van der Waals surface area contributed by atoms with Crippen molar-refractivity contribution in [2.75, 3.05) is 33.9 Å². The maximum Gasteiger partial charge on any atom is 0.269 e. The number of anilines is 6. The Hall–Kier alpha value is -3.99. The van der Waals surface area contributed by atoms with Gasteiger partial charge in [0, 0.05) is 24.5 Å². The van der Waals surface area contributed by atoms with E-state index in [0.29, 0.717) is 17.7 Å². The first-order valence-electron chi connectivity index (χ1n) is 12.7. The fraction of sp³-hybridized carbons (Fsp3) is 0.407. The number of benzene rings is 1. The maximum absolute atomic E-state index is 14.5. The number of nitrogens with zero attached hydrogens (tertiary/aromatic N) is 4. The van der Waals surface area contributed by atoms with Crippen LogP contribution in [0.3, 0.4) is 0 Å². The summed E-state index contributed by atoms with van der Waals surface area (Å²) in [5, 5.41) is 8.68. The van der Waals surface area contributed by atoms with Gasteiger partial charge in [0.1, 0.15) is 5.82 Å². The van der Waals surface area contributed by atoms with Crippen molar-refractivity contribution in [2.24, 2.45) is 0 Å². The molecule has 0 aliphatic carbocycles. The van der Waals surface area contributed by atoms with Crippen molar-refractivity contribution < 1.29 is 18.7 Å². The zero-order valence-electron chi connectivity index (χ0n) is 21.9. The number of carbonyl (C=O) groups excluding carboxylic acids is 1. The van der Waals surface area contributed by atoms with Crippen molar-refractivity contribution in [3.8, 4) is 5.75 Å². The molecular weight excluding hydrogens is 489 g/mol. The first-order chi connectivity index (χ1) is 18.2. The Bertz CT molecular complexity index is 1310. The van der Waals surface area contributed by atoms with E-state index in [9.17, 15) is 9.18 Å². The van der Waals surface area contributed by atoms with Crippen LogP contribution >= 0.6 is 0 Å². The highest BCUT2D eigenvalue weighted by molar-refractivity contribution is 5.99. The molecule has 0 bridgehead atoms. The van der Waals surface area contributed by atoms with Gasteiger partial charge in [0.25, 0.3) is 5.91 Å². The number of rotatable bonds is 7. The summed E-state index contributed by atoms with van der Waals surface area (Å²) in [6.45, 7) is 9.38. The number of carbonyl (C=O) groups is 1. The van der Waals surface area contributed by atoms with Crippen LogP contribution in [0.5, 0.6) is 5.75 Å². The van der Waals surface area contributed by atoms with Gasteiger partial charge in [0.05, 0.1) is 18.4 Å². The minimum Gasteiger partial charge on any atom is -0.474 e. The summed E-state index contributed by atoms with van der Waals surface area (Å²) in [6, 6.07) is 11.3. The fourth-order valence-corrected chi connectivity index (χ4v) is 4.42. The number of aromatic nitrogens is 3. The number of ether oxygens (including phenoxy) is 2. The minimum atomic E-state index is -1.000. The lowest BCUT2D eigenvalue weighted by Crippen LogP contribution is -2.46. The second-order valence-electron chi connectivity index (χ2n) is 10.2. The van der Waals surface area contributed by atoms with Gasteiger partial charge in [0.15, 0.2) is 28.8 Å². The van der Waals surface area contributed by atoms with E-state index in [1.165, 1.54) is 0 Å².